The molecule has 6 nitrogen and oxygen atoms in total. The molecule has 3 rings (SSSR count). The summed E-state index contributed by atoms with van der Waals surface area (Å²) in [5, 5.41) is 5.64. The standard InChI is InChI=1S/C16H20N6/c1-8-6-9(2)19-16(18-8)22-15-14(12(5)21-22)10(3)13(7-17)11(4)20-15/h6H,7,17H2,1-5H3. The summed E-state index contributed by atoms with van der Waals surface area (Å²) in [5.74, 6) is 0.558. The minimum Gasteiger partial charge on any atom is -0.326 e. The first-order valence-electron chi connectivity index (χ1n) is 7.30. The number of nitrogens with zero attached hydrogens (tertiary/aromatic N) is 5. The van der Waals surface area contributed by atoms with E-state index >= 15 is 0 Å². The molecule has 3 aromatic heterocycles. The fourth-order valence-electron chi connectivity index (χ4n) is 2.95. The van der Waals surface area contributed by atoms with Crippen LogP contribution in [0.5, 0.6) is 0 Å². The molecule has 0 saturated carbocycles. The van der Waals surface area contributed by atoms with Gasteiger partial charge in [0.1, 0.15) is 0 Å². The van der Waals surface area contributed by atoms with Crippen LogP contribution in [0.15, 0.2) is 6.07 Å². The molecule has 0 atom stereocenters. The Morgan fingerprint density at radius 1 is 0.955 bits per heavy atom. The average molecular weight is 296 g/mol. The normalized spacial score (nSPS) is 11.4. The third kappa shape index (κ3) is 2.16. The molecule has 0 radical (unpaired) electrons. The number of fused-ring (bicyclic) bond motifs is 1. The lowest BCUT2D eigenvalue weighted by Gasteiger charge is -2.09. The van der Waals surface area contributed by atoms with Gasteiger partial charge < -0.3 is 5.73 Å². The molecule has 0 bridgehead atoms. The quantitative estimate of drug-likeness (QED) is 0.784. The summed E-state index contributed by atoms with van der Waals surface area (Å²) >= 11 is 0. The second-order valence-corrected chi connectivity index (χ2v) is 5.65. The minimum absolute atomic E-state index is 0.477. The minimum atomic E-state index is 0.477. The Labute approximate surface area is 129 Å². The van der Waals surface area contributed by atoms with Crippen LogP contribution in [-0.4, -0.2) is 24.7 Å². The van der Waals surface area contributed by atoms with Crippen LogP contribution in [-0.2, 0) is 6.54 Å². The van der Waals surface area contributed by atoms with E-state index in [1.165, 1.54) is 0 Å². The van der Waals surface area contributed by atoms with Gasteiger partial charge in [-0.1, -0.05) is 0 Å². The Morgan fingerprint density at radius 3 is 2.18 bits per heavy atom. The van der Waals surface area contributed by atoms with Gasteiger partial charge in [0.15, 0.2) is 5.65 Å². The molecule has 0 amide bonds. The molecule has 0 saturated heterocycles. The number of hydrogen-bond acceptors (Lipinski definition) is 5. The molecule has 0 aromatic carbocycles. The van der Waals surface area contributed by atoms with Gasteiger partial charge in [-0.05, 0) is 51.8 Å². The fourth-order valence-corrected chi connectivity index (χ4v) is 2.95. The van der Waals surface area contributed by atoms with E-state index in [9.17, 15) is 0 Å². The fraction of sp³-hybridized carbons (Fsp3) is 0.375. The van der Waals surface area contributed by atoms with Gasteiger partial charge in [-0.3, -0.25) is 0 Å². The van der Waals surface area contributed by atoms with Gasteiger partial charge in [-0.15, -0.1) is 0 Å². The molecule has 114 valence electrons. The maximum Gasteiger partial charge on any atom is 0.253 e. The number of aromatic nitrogens is 5. The zero-order chi connectivity index (χ0) is 16.0. The van der Waals surface area contributed by atoms with E-state index < -0.39 is 0 Å². The van der Waals surface area contributed by atoms with E-state index in [4.69, 9.17) is 10.7 Å². The zero-order valence-electron chi connectivity index (χ0n) is 13.6. The predicted molar refractivity (Wildman–Crippen MR) is 86.0 cm³/mol. The molecule has 2 N–H and O–H groups in total. The SMILES string of the molecule is Cc1cc(C)nc(-n2nc(C)c3c(C)c(CN)c(C)nc32)n1. The molecule has 22 heavy (non-hydrogen) atoms. The topological polar surface area (TPSA) is 82.5 Å². The van der Waals surface area contributed by atoms with Crippen molar-refractivity contribution < 1.29 is 0 Å². The smallest absolute Gasteiger partial charge is 0.253 e. The van der Waals surface area contributed by atoms with E-state index in [-0.39, 0.29) is 0 Å². The highest BCUT2D eigenvalue weighted by molar-refractivity contribution is 5.84. The Hall–Kier alpha value is -2.34. The number of hydrogen-bond donors (Lipinski definition) is 1. The largest absolute Gasteiger partial charge is 0.326 e. The van der Waals surface area contributed by atoms with Gasteiger partial charge in [0, 0.05) is 29.0 Å². The molecular formula is C16H20N6. The Morgan fingerprint density at radius 2 is 1.59 bits per heavy atom. The third-order valence-electron chi connectivity index (χ3n) is 3.94. The van der Waals surface area contributed by atoms with Gasteiger partial charge in [0.2, 0.25) is 0 Å². The number of nitrogens with two attached hydrogens (primary N) is 1. The Bertz CT molecular complexity index is 858. The van der Waals surface area contributed by atoms with Crippen molar-refractivity contribution in [2.75, 3.05) is 0 Å². The zero-order valence-corrected chi connectivity index (χ0v) is 13.6. The first-order valence-corrected chi connectivity index (χ1v) is 7.30. The maximum absolute atomic E-state index is 5.86. The van der Waals surface area contributed by atoms with Crippen molar-refractivity contribution >= 4 is 11.0 Å². The maximum atomic E-state index is 5.86. The van der Waals surface area contributed by atoms with Crippen molar-refractivity contribution in [3.05, 3.63) is 40.0 Å². The van der Waals surface area contributed by atoms with Crippen molar-refractivity contribution in [1.29, 1.82) is 0 Å². The van der Waals surface area contributed by atoms with Crippen LogP contribution in [0.1, 0.15) is 33.9 Å². The average Bonchev–Trinajstić information content (AvgIpc) is 2.75. The van der Waals surface area contributed by atoms with E-state index in [1.807, 2.05) is 33.8 Å². The molecule has 0 fully saturated rings. The van der Waals surface area contributed by atoms with Gasteiger partial charge in [-0.25, -0.2) is 15.0 Å². The summed E-state index contributed by atoms with van der Waals surface area (Å²) < 4.78 is 1.73. The monoisotopic (exact) mass is 296 g/mol. The molecule has 0 aliphatic rings. The summed E-state index contributed by atoms with van der Waals surface area (Å²) in [7, 11) is 0. The van der Waals surface area contributed by atoms with E-state index in [0.717, 1.165) is 44.9 Å². The number of rotatable bonds is 2. The first kappa shape index (κ1) is 14.6. The summed E-state index contributed by atoms with van der Waals surface area (Å²) in [4.78, 5) is 13.7. The lowest BCUT2D eigenvalue weighted by molar-refractivity contribution is 0.795. The highest BCUT2D eigenvalue weighted by Crippen LogP contribution is 2.26. The molecule has 0 unspecified atom stereocenters. The van der Waals surface area contributed by atoms with Gasteiger partial charge >= 0.3 is 0 Å². The third-order valence-corrected chi connectivity index (χ3v) is 3.94. The molecule has 0 aliphatic carbocycles. The van der Waals surface area contributed by atoms with Crippen molar-refractivity contribution in [3.63, 3.8) is 0 Å². The van der Waals surface area contributed by atoms with Gasteiger partial charge in [0.25, 0.3) is 5.95 Å². The van der Waals surface area contributed by atoms with Gasteiger partial charge in [0.05, 0.1) is 5.69 Å². The lowest BCUT2D eigenvalue weighted by atomic mass is 10.0. The summed E-state index contributed by atoms with van der Waals surface area (Å²) in [6.45, 7) is 10.4. The van der Waals surface area contributed by atoms with Crippen molar-refractivity contribution in [1.82, 2.24) is 24.7 Å². The van der Waals surface area contributed by atoms with E-state index in [1.54, 1.807) is 4.68 Å². The molecule has 3 heterocycles. The van der Waals surface area contributed by atoms with Crippen LogP contribution in [0.25, 0.3) is 17.0 Å². The molecular weight excluding hydrogens is 276 g/mol. The molecule has 3 aromatic rings. The summed E-state index contributed by atoms with van der Waals surface area (Å²) in [6, 6.07) is 1.94. The highest BCUT2D eigenvalue weighted by Gasteiger charge is 2.18. The first-order chi connectivity index (χ1) is 10.4. The predicted octanol–water partition coefficient (Wildman–Crippen LogP) is 2.21. The highest BCUT2D eigenvalue weighted by atomic mass is 15.4. The van der Waals surface area contributed by atoms with Crippen molar-refractivity contribution in [3.8, 4) is 5.95 Å². The number of aryl methyl sites for hydroxylation is 5. The second kappa shape index (κ2) is 5.14. The van der Waals surface area contributed by atoms with Crippen molar-refractivity contribution in [2.45, 2.75) is 41.2 Å². The Balaban J connectivity index is 2.37. The summed E-state index contributed by atoms with van der Waals surface area (Å²) in [6.07, 6.45) is 0. The van der Waals surface area contributed by atoms with E-state index in [2.05, 4.69) is 22.0 Å². The van der Waals surface area contributed by atoms with Crippen LogP contribution >= 0.6 is 0 Å². The molecule has 0 aliphatic heterocycles. The van der Waals surface area contributed by atoms with Crippen LogP contribution < -0.4 is 5.73 Å². The lowest BCUT2D eigenvalue weighted by Crippen LogP contribution is -2.08. The van der Waals surface area contributed by atoms with Crippen LogP contribution in [0.4, 0.5) is 0 Å². The van der Waals surface area contributed by atoms with Crippen LogP contribution in [0, 0.1) is 34.6 Å². The van der Waals surface area contributed by atoms with Crippen LogP contribution in [0.2, 0.25) is 0 Å². The Kier molecular flexibility index (Phi) is 3.41. The molecule has 6 heteroatoms. The molecule has 0 spiro atoms. The number of pyridine rings is 1. The second-order valence-electron chi connectivity index (χ2n) is 5.65. The van der Waals surface area contributed by atoms with Crippen molar-refractivity contribution in [2.24, 2.45) is 5.73 Å². The van der Waals surface area contributed by atoms with Gasteiger partial charge in [-0.2, -0.15) is 9.78 Å². The van der Waals surface area contributed by atoms with E-state index in [0.29, 0.717) is 12.5 Å². The summed E-state index contributed by atoms with van der Waals surface area (Å²) in [5.41, 5.74) is 12.5. The van der Waals surface area contributed by atoms with Crippen LogP contribution in [0.3, 0.4) is 0 Å².